The number of benzene rings is 1. The van der Waals surface area contributed by atoms with Crippen molar-refractivity contribution in [1.29, 1.82) is 0 Å². The molecule has 1 aliphatic rings. The van der Waals surface area contributed by atoms with Crippen LogP contribution in [-0.4, -0.2) is 31.2 Å². The molecule has 1 aromatic heterocycles. The molecule has 0 aliphatic carbocycles. The van der Waals surface area contributed by atoms with Gasteiger partial charge in [0, 0.05) is 31.4 Å². The molecule has 3 rings (SSSR count). The number of hydrogen-bond acceptors (Lipinski definition) is 4. The first kappa shape index (κ1) is 16.7. The van der Waals surface area contributed by atoms with Crippen molar-refractivity contribution in [2.45, 2.75) is 31.8 Å². The van der Waals surface area contributed by atoms with E-state index in [9.17, 15) is 4.39 Å². The minimum atomic E-state index is -0.311. The van der Waals surface area contributed by atoms with E-state index in [1.165, 1.54) is 7.11 Å². The molecule has 1 fully saturated rings. The Morgan fingerprint density at radius 3 is 2.67 bits per heavy atom. The van der Waals surface area contributed by atoms with Gasteiger partial charge >= 0.3 is 0 Å². The number of nitrogens with one attached hydrogen (secondary N) is 1. The fourth-order valence-electron chi connectivity index (χ4n) is 3.22. The number of hydrogen-bond donors (Lipinski definition) is 1. The average molecular weight is 329 g/mol. The molecule has 1 unspecified atom stereocenters. The van der Waals surface area contributed by atoms with Crippen LogP contribution in [0.3, 0.4) is 0 Å². The first-order valence-corrected chi connectivity index (χ1v) is 8.43. The molecule has 0 saturated carbocycles. The van der Waals surface area contributed by atoms with Crippen LogP contribution < -0.4 is 15.0 Å². The quantitative estimate of drug-likeness (QED) is 0.910. The molecule has 5 heteroatoms. The molecule has 1 atom stereocenters. The summed E-state index contributed by atoms with van der Waals surface area (Å²) in [5.41, 5.74) is 0.945. The maximum atomic E-state index is 13.9. The van der Waals surface area contributed by atoms with E-state index in [2.05, 4.69) is 28.2 Å². The smallest absolute Gasteiger partial charge is 0.165 e. The van der Waals surface area contributed by atoms with Crippen molar-refractivity contribution in [2.24, 2.45) is 0 Å². The number of pyridine rings is 1. The number of rotatable bonds is 5. The fraction of sp³-hybridized carbons (Fsp3) is 0.421. The predicted octanol–water partition coefficient (Wildman–Crippen LogP) is 3.55. The Labute approximate surface area is 142 Å². The molecule has 0 amide bonds. The largest absolute Gasteiger partial charge is 0.494 e. The van der Waals surface area contributed by atoms with E-state index >= 15 is 0 Å². The molecule has 0 bridgehead atoms. The number of halogens is 1. The topological polar surface area (TPSA) is 37.4 Å². The standard InChI is InChI=1S/C19H24FN3O/c1-14(15-6-7-18(24-2)17(20)13-15)22-16-8-11-23(12-9-16)19-5-3-4-10-21-19/h3-7,10,13-14,16,22H,8-9,11-12H2,1-2H3. The number of anilines is 1. The van der Waals surface area contributed by atoms with Gasteiger partial charge in [-0.2, -0.15) is 0 Å². The fourth-order valence-corrected chi connectivity index (χ4v) is 3.22. The lowest BCUT2D eigenvalue weighted by Gasteiger charge is -2.34. The summed E-state index contributed by atoms with van der Waals surface area (Å²) in [5.74, 6) is 1.02. The molecular weight excluding hydrogens is 305 g/mol. The van der Waals surface area contributed by atoms with Gasteiger partial charge in [0.25, 0.3) is 0 Å². The third-order valence-electron chi connectivity index (χ3n) is 4.63. The van der Waals surface area contributed by atoms with Crippen LogP contribution in [-0.2, 0) is 0 Å². The highest BCUT2D eigenvalue weighted by molar-refractivity contribution is 5.38. The molecule has 1 aliphatic heterocycles. The van der Waals surface area contributed by atoms with Crippen LogP contribution in [0.25, 0.3) is 0 Å². The van der Waals surface area contributed by atoms with Crippen molar-refractivity contribution in [3.8, 4) is 5.75 Å². The van der Waals surface area contributed by atoms with Gasteiger partial charge in [0.1, 0.15) is 5.82 Å². The molecule has 1 aromatic carbocycles. The third-order valence-corrected chi connectivity index (χ3v) is 4.63. The first-order valence-electron chi connectivity index (χ1n) is 8.43. The number of ether oxygens (including phenoxy) is 1. The highest BCUT2D eigenvalue weighted by atomic mass is 19.1. The number of piperidine rings is 1. The summed E-state index contributed by atoms with van der Waals surface area (Å²) >= 11 is 0. The summed E-state index contributed by atoms with van der Waals surface area (Å²) < 4.78 is 18.8. The van der Waals surface area contributed by atoms with Crippen LogP contribution in [0.2, 0.25) is 0 Å². The van der Waals surface area contributed by atoms with E-state index in [0.717, 1.165) is 37.3 Å². The van der Waals surface area contributed by atoms with Gasteiger partial charge in [-0.1, -0.05) is 12.1 Å². The molecule has 2 aromatic rings. The van der Waals surface area contributed by atoms with E-state index in [1.807, 2.05) is 24.4 Å². The molecule has 24 heavy (non-hydrogen) atoms. The van der Waals surface area contributed by atoms with Gasteiger partial charge in [-0.15, -0.1) is 0 Å². The van der Waals surface area contributed by atoms with Gasteiger partial charge in [-0.25, -0.2) is 9.37 Å². The molecule has 4 nitrogen and oxygen atoms in total. The van der Waals surface area contributed by atoms with Crippen molar-refractivity contribution < 1.29 is 9.13 Å². The van der Waals surface area contributed by atoms with Crippen molar-refractivity contribution in [1.82, 2.24) is 10.3 Å². The third kappa shape index (κ3) is 3.85. The zero-order valence-electron chi connectivity index (χ0n) is 14.2. The monoisotopic (exact) mass is 329 g/mol. The van der Waals surface area contributed by atoms with Gasteiger partial charge in [0.05, 0.1) is 7.11 Å². The van der Waals surface area contributed by atoms with Crippen LogP contribution in [0.1, 0.15) is 31.4 Å². The lowest BCUT2D eigenvalue weighted by atomic mass is 10.0. The maximum Gasteiger partial charge on any atom is 0.165 e. The van der Waals surface area contributed by atoms with E-state index in [-0.39, 0.29) is 17.6 Å². The zero-order chi connectivity index (χ0) is 16.9. The van der Waals surface area contributed by atoms with Crippen LogP contribution >= 0.6 is 0 Å². The highest BCUT2D eigenvalue weighted by Crippen LogP contribution is 2.24. The summed E-state index contributed by atoms with van der Waals surface area (Å²) in [6, 6.07) is 11.7. The van der Waals surface area contributed by atoms with Gasteiger partial charge < -0.3 is 15.0 Å². The average Bonchev–Trinajstić information content (AvgIpc) is 2.63. The SMILES string of the molecule is COc1ccc(C(C)NC2CCN(c3ccccn3)CC2)cc1F. The van der Waals surface area contributed by atoms with Crippen LogP contribution in [0.4, 0.5) is 10.2 Å². The van der Waals surface area contributed by atoms with Crippen molar-refractivity contribution >= 4 is 5.82 Å². The van der Waals surface area contributed by atoms with Gasteiger partial charge in [0.2, 0.25) is 0 Å². The van der Waals surface area contributed by atoms with Crippen LogP contribution in [0.5, 0.6) is 5.75 Å². The van der Waals surface area contributed by atoms with Crippen LogP contribution in [0.15, 0.2) is 42.6 Å². The molecule has 1 N–H and O–H groups in total. The Kier molecular flexibility index (Phi) is 5.30. The van der Waals surface area contributed by atoms with Crippen molar-refractivity contribution in [3.63, 3.8) is 0 Å². The van der Waals surface area contributed by atoms with E-state index < -0.39 is 0 Å². The van der Waals surface area contributed by atoms with E-state index in [1.54, 1.807) is 12.1 Å². The predicted molar refractivity (Wildman–Crippen MR) is 94.0 cm³/mol. The second-order valence-electron chi connectivity index (χ2n) is 6.23. The second kappa shape index (κ2) is 7.62. The molecule has 0 spiro atoms. The normalized spacial score (nSPS) is 16.9. The Morgan fingerprint density at radius 2 is 2.04 bits per heavy atom. The Balaban J connectivity index is 1.55. The molecular formula is C19H24FN3O. The molecule has 128 valence electrons. The van der Waals surface area contributed by atoms with E-state index in [4.69, 9.17) is 4.74 Å². The summed E-state index contributed by atoms with van der Waals surface area (Å²) in [4.78, 5) is 6.73. The summed E-state index contributed by atoms with van der Waals surface area (Å²) in [7, 11) is 1.48. The first-order chi connectivity index (χ1) is 11.7. The highest BCUT2D eigenvalue weighted by Gasteiger charge is 2.21. The zero-order valence-corrected chi connectivity index (χ0v) is 14.2. The summed E-state index contributed by atoms with van der Waals surface area (Å²) in [6.07, 6.45) is 3.94. The van der Waals surface area contributed by atoms with Gasteiger partial charge in [-0.05, 0) is 49.6 Å². The Morgan fingerprint density at radius 1 is 1.25 bits per heavy atom. The number of methoxy groups -OCH3 is 1. The maximum absolute atomic E-state index is 13.9. The molecule has 0 radical (unpaired) electrons. The second-order valence-corrected chi connectivity index (χ2v) is 6.23. The summed E-state index contributed by atoms with van der Waals surface area (Å²) in [5, 5.41) is 3.62. The number of nitrogens with zero attached hydrogens (tertiary/aromatic N) is 2. The van der Waals surface area contributed by atoms with Crippen molar-refractivity contribution in [2.75, 3.05) is 25.1 Å². The van der Waals surface area contributed by atoms with Gasteiger partial charge in [0.15, 0.2) is 11.6 Å². The van der Waals surface area contributed by atoms with Gasteiger partial charge in [-0.3, -0.25) is 0 Å². The lowest BCUT2D eigenvalue weighted by Crippen LogP contribution is -2.43. The lowest BCUT2D eigenvalue weighted by molar-refractivity contribution is 0.374. The Bertz CT molecular complexity index is 657. The van der Waals surface area contributed by atoms with E-state index in [0.29, 0.717) is 6.04 Å². The molecule has 1 saturated heterocycles. The minimum Gasteiger partial charge on any atom is -0.494 e. The number of aromatic nitrogens is 1. The molecule has 2 heterocycles. The van der Waals surface area contributed by atoms with Crippen LogP contribution in [0, 0.1) is 5.82 Å². The van der Waals surface area contributed by atoms with Crippen molar-refractivity contribution in [3.05, 3.63) is 54.0 Å². The minimum absolute atomic E-state index is 0.108. The Hall–Kier alpha value is -2.14. The summed E-state index contributed by atoms with van der Waals surface area (Å²) in [6.45, 7) is 4.04.